The lowest BCUT2D eigenvalue weighted by Crippen LogP contribution is -2.46. The van der Waals surface area contributed by atoms with Crippen molar-refractivity contribution in [2.45, 2.75) is 76.7 Å². The van der Waals surface area contributed by atoms with Crippen LogP contribution < -0.4 is 0 Å². The monoisotopic (exact) mass is 371 g/mol. The van der Waals surface area contributed by atoms with Crippen molar-refractivity contribution in [3.05, 3.63) is 0 Å². The van der Waals surface area contributed by atoms with Crippen LogP contribution in [0.4, 0.5) is 0 Å². The van der Waals surface area contributed by atoms with Gasteiger partial charge in [-0.15, -0.1) is 12.4 Å². The molecule has 0 aromatic heterocycles. The number of rotatable bonds is 7. The number of halogens is 1. The van der Waals surface area contributed by atoms with Crippen molar-refractivity contribution in [1.29, 1.82) is 0 Å². The van der Waals surface area contributed by atoms with Gasteiger partial charge in [-0.3, -0.25) is 0 Å². The molecule has 1 saturated heterocycles. The summed E-state index contributed by atoms with van der Waals surface area (Å²) >= 11 is 0. The van der Waals surface area contributed by atoms with E-state index in [1.807, 2.05) is 0 Å². The van der Waals surface area contributed by atoms with Crippen molar-refractivity contribution in [3.63, 3.8) is 0 Å². The fourth-order valence-electron chi connectivity index (χ4n) is 6.77. The Kier molecular flexibility index (Phi) is 7.10. The zero-order valence-electron chi connectivity index (χ0n) is 15.8. The molecule has 0 amide bonds. The van der Waals surface area contributed by atoms with E-state index in [1.165, 1.54) is 70.6 Å². The van der Waals surface area contributed by atoms with Crippen LogP contribution in [-0.4, -0.2) is 49.0 Å². The molecule has 25 heavy (non-hydrogen) atoms. The fraction of sp³-hybridized carbons (Fsp3) is 1.00. The zero-order chi connectivity index (χ0) is 16.4. The molecule has 5 fully saturated rings. The molecule has 1 aliphatic heterocycles. The van der Waals surface area contributed by atoms with Gasteiger partial charge in [0.25, 0.3) is 0 Å². The molecule has 5 aliphatic rings. The Morgan fingerprint density at radius 1 is 0.920 bits per heavy atom. The van der Waals surface area contributed by atoms with E-state index in [-0.39, 0.29) is 18.5 Å². The highest BCUT2D eigenvalue weighted by Crippen LogP contribution is 2.61. The van der Waals surface area contributed by atoms with Crippen molar-refractivity contribution in [2.75, 3.05) is 32.8 Å². The molecular weight excluding hydrogens is 334 g/mol. The first kappa shape index (κ1) is 19.9. The number of nitrogens with zero attached hydrogens (tertiary/aromatic N) is 1. The highest BCUT2D eigenvalue weighted by atomic mass is 35.5. The van der Waals surface area contributed by atoms with Crippen LogP contribution in [0, 0.1) is 23.2 Å². The first-order chi connectivity index (χ1) is 11.7. The Balaban J connectivity index is 0.00000182. The predicted octanol–water partition coefficient (Wildman–Crippen LogP) is 4.27. The van der Waals surface area contributed by atoms with Gasteiger partial charge in [0.15, 0.2) is 0 Å². The summed E-state index contributed by atoms with van der Waals surface area (Å²) in [5.41, 5.74) is 0.616. The van der Waals surface area contributed by atoms with Crippen molar-refractivity contribution >= 4 is 12.4 Å². The normalized spacial score (nSPS) is 39.0. The summed E-state index contributed by atoms with van der Waals surface area (Å²) in [5, 5.41) is 10.3. The smallest absolute Gasteiger partial charge is 0.0900 e. The molecule has 4 aliphatic carbocycles. The molecule has 1 N–H and O–H groups in total. The van der Waals surface area contributed by atoms with Gasteiger partial charge >= 0.3 is 0 Å². The first-order valence-corrected chi connectivity index (χ1v) is 10.7. The maximum absolute atomic E-state index is 10.3. The molecule has 0 radical (unpaired) electrons. The van der Waals surface area contributed by atoms with Gasteiger partial charge in [0, 0.05) is 13.2 Å². The number of likely N-dealkylation sites (tertiary alicyclic amines) is 1. The summed E-state index contributed by atoms with van der Waals surface area (Å²) in [5.74, 6) is 3.10. The molecule has 5 rings (SSSR count). The number of β-amino-alcohol motifs (C(OH)–C–C–N with tert-alkyl or cyclic N) is 1. The van der Waals surface area contributed by atoms with Crippen LogP contribution in [0.3, 0.4) is 0 Å². The molecule has 0 aromatic carbocycles. The fourth-order valence-corrected chi connectivity index (χ4v) is 6.77. The number of hydrogen-bond acceptors (Lipinski definition) is 3. The Hall–Kier alpha value is 0.170. The minimum Gasteiger partial charge on any atom is -0.389 e. The maximum Gasteiger partial charge on any atom is 0.0900 e. The minimum atomic E-state index is -0.306. The Bertz CT molecular complexity index is 373. The van der Waals surface area contributed by atoms with Crippen molar-refractivity contribution in [3.8, 4) is 0 Å². The second-order valence-corrected chi connectivity index (χ2v) is 9.61. The van der Waals surface area contributed by atoms with Gasteiger partial charge in [-0.25, -0.2) is 0 Å². The van der Waals surface area contributed by atoms with Crippen LogP contribution in [-0.2, 0) is 4.74 Å². The summed E-state index contributed by atoms with van der Waals surface area (Å²) < 4.78 is 5.93. The summed E-state index contributed by atoms with van der Waals surface area (Å²) in [6.07, 6.45) is 15.2. The van der Waals surface area contributed by atoms with Crippen LogP contribution in [0.1, 0.15) is 70.6 Å². The highest BCUT2D eigenvalue weighted by Gasteiger charge is 2.50. The van der Waals surface area contributed by atoms with E-state index in [0.29, 0.717) is 12.0 Å². The topological polar surface area (TPSA) is 32.7 Å². The summed E-state index contributed by atoms with van der Waals surface area (Å²) in [6.45, 7) is 4.51. The molecular formula is C21H38ClNO2. The standard InChI is InChI=1S/C21H37NO2.ClH/c23-20(15-22-6-3-1-2-4-7-22)16-24-8-5-21-12-17-9-18(13-21)11-19(10-17)14-21;/h17-20,23H,1-16H2;1H. The third-order valence-electron chi connectivity index (χ3n) is 7.42. The van der Waals surface area contributed by atoms with E-state index >= 15 is 0 Å². The van der Waals surface area contributed by atoms with Gasteiger partial charge in [0.1, 0.15) is 0 Å². The van der Waals surface area contributed by atoms with Crippen LogP contribution in [0.15, 0.2) is 0 Å². The summed E-state index contributed by atoms with van der Waals surface area (Å²) in [7, 11) is 0. The van der Waals surface area contributed by atoms with E-state index in [1.54, 1.807) is 0 Å². The summed E-state index contributed by atoms with van der Waals surface area (Å²) in [6, 6.07) is 0. The Labute approximate surface area is 160 Å². The Morgan fingerprint density at radius 3 is 2.04 bits per heavy atom. The molecule has 4 bridgehead atoms. The minimum absolute atomic E-state index is 0. The van der Waals surface area contributed by atoms with Gasteiger partial charge in [-0.05, 0) is 94.0 Å². The molecule has 0 aromatic rings. The van der Waals surface area contributed by atoms with Gasteiger partial charge in [0.2, 0.25) is 0 Å². The van der Waals surface area contributed by atoms with Crippen molar-refractivity contribution < 1.29 is 9.84 Å². The second-order valence-electron chi connectivity index (χ2n) is 9.61. The van der Waals surface area contributed by atoms with Crippen LogP contribution in [0.2, 0.25) is 0 Å². The average Bonchev–Trinajstić information content (AvgIpc) is 2.79. The van der Waals surface area contributed by atoms with Gasteiger partial charge in [0.05, 0.1) is 12.7 Å². The SMILES string of the molecule is Cl.OC(COCCC12CC3CC(CC(C3)C1)C2)CN1CCCCCC1. The quantitative estimate of drug-likeness (QED) is 0.678. The molecule has 1 heterocycles. The molecule has 4 saturated carbocycles. The molecule has 0 spiro atoms. The predicted molar refractivity (Wildman–Crippen MR) is 104 cm³/mol. The first-order valence-electron chi connectivity index (χ1n) is 10.7. The maximum atomic E-state index is 10.3. The molecule has 146 valence electrons. The van der Waals surface area contributed by atoms with Gasteiger partial charge in [-0.2, -0.15) is 0 Å². The lowest BCUT2D eigenvalue weighted by atomic mass is 9.49. The van der Waals surface area contributed by atoms with Crippen molar-refractivity contribution in [1.82, 2.24) is 4.90 Å². The average molecular weight is 372 g/mol. The number of aliphatic hydroxyl groups is 1. The largest absolute Gasteiger partial charge is 0.389 e. The highest BCUT2D eigenvalue weighted by molar-refractivity contribution is 5.85. The van der Waals surface area contributed by atoms with E-state index in [2.05, 4.69) is 4.90 Å². The van der Waals surface area contributed by atoms with Crippen LogP contribution in [0.5, 0.6) is 0 Å². The number of ether oxygens (including phenoxy) is 1. The van der Waals surface area contributed by atoms with Crippen LogP contribution >= 0.6 is 12.4 Å². The van der Waals surface area contributed by atoms with E-state index in [0.717, 1.165) is 44.0 Å². The Morgan fingerprint density at radius 2 is 1.48 bits per heavy atom. The zero-order valence-corrected chi connectivity index (χ0v) is 16.7. The third kappa shape index (κ3) is 5.12. The molecule has 4 heteroatoms. The van der Waals surface area contributed by atoms with Gasteiger partial charge < -0.3 is 14.7 Å². The molecule has 1 unspecified atom stereocenters. The van der Waals surface area contributed by atoms with Crippen LogP contribution in [0.25, 0.3) is 0 Å². The van der Waals surface area contributed by atoms with Gasteiger partial charge in [-0.1, -0.05) is 12.8 Å². The lowest BCUT2D eigenvalue weighted by molar-refractivity contribution is -0.0740. The number of aliphatic hydroxyl groups excluding tert-OH is 1. The molecule has 1 atom stereocenters. The van der Waals surface area contributed by atoms with E-state index < -0.39 is 0 Å². The van der Waals surface area contributed by atoms with E-state index in [4.69, 9.17) is 4.74 Å². The van der Waals surface area contributed by atoms with Crippen molar-refractivity contribution in [2.24, 2.45) is 23.2 Å². The lowest BCUT2D eigenvalue weighted by Gasteiger charge is -2.57. The van der Waals surface area contributed by atoms with E-state index in [9.17, 15) is 5.11 Å². The third-order valence-corrected chi connectivity index (χ3v) is 7.42. The second kappa shape index (κ2) is 8.91. The molecule has 3 nitrogen and oxygen atoms in total. The summed E-state index contributed by atoms with van der Waals surface area (Å²) in [4.78, 5) is 2.43. The number of hydrogen-bond donors (Lipinski definition) is 1.